The SMILES string of the molecule is Cn1cc(-c2cc3c(cn2)[C@]2(CC3)NC(=O)N(CC(=O)N3Cc4cc(F)ccc4OC[C@H]3C(F)(F)F)C2=O)cn1. The summed E-state index contributed by atoms with van der Waals surface area (Å²) in [6, 6.07) is 1.75. The van der Waals surface area contributed by atoms with Crippen LogP contribution in [0.1, 0.15) is 23.1 Å². The van der Waals surface area contributed by atoms with E-state index in [2.05, 4.69) is 15.4 Å². The van der Waals surface area contributed by atoms with Crippen LogP contribution in [-0.4, -0.2) is 67.8 Å². The lowest BCUT2D eigenvalue weighted by Gasteiger charge is -2.31. The van der Waals surface area contributed by atoms with Gasteiger partial charge in [0.1, 0.15) is 30.3 Å². The van der Waals surface area contributed by atoms with Gasteiger partial charge in [-0.15, -0.1) is 0 Å². The van der Waals surface area contributed by atoms with Gasteiger partial charge in [-0.2, -0.15) is 18.3 Å². The molecule has 4 heterocycles. The van der Waals surface area contributed by atoms with Crippen LogP contribution in [0.5, 0.6) is 5.75 Å². The summed E-state index contributed by atoms with van der Waals surface area (Å²) in [6.07, 6.45) is 0.669. The lowest BCUT2D eigenvalue weighted by Crippen LogP contribution is -2.53. The van der Waals surface area contributed by atoms with E-state index in [1.807, 2.05) is 0 Å². The number of aromatic nitrogens is 3. The van der Waals surface area contributed by atoms with Crippen molar-refractivity contribution < 1.29 is 36.7 Å². The zero-order valence-electron chi connectivity index (χ0n) is 21.0. The summed E-state index contributed by atoms with van der Waals surface area (Å²) in [6.45, 7) is -2.47. The number of alkyl halides is 3. The maximum atomic E-state index is 13.9. The number of carbonyl (C=O) groups is 3. The molecule has 0 bridgehead atoms. The molecule has 40 heavy (non-hydrogen) atoms. The number of hydrogen-bond donors (Lipinski definition) is 1. The van der Waals surface area contributed by atoms with Gasteiger partial charge < -0.3 is 15.0 Å². The molecule has 3 aliphatic rings. The predicted octanol–water partition coefficient (Wildman–Crippen LogP) is 2.67. The van der Waals surface area contributed by atoms with Crippen molar-refractivity contribution >= 4 is 17.8 Å². The lowest BCUT2D eigenvalue weighted by molar-refractivity contribution is -0.195. The molecular weight excluding hydrogens is 536 g/mol. The third-order valence-electron chi connectivity index (χ3n) is 7.52. The van der Waals surface area contributed by atoms with Crippen LogP contribution in [0.25, 0.3) is 11.3 Å². The maximum absolute atomic E-state index is 13.9. The topological polar surface area (TPSA) is 110 Å². The van der Waals surface area contributed by atoms with E-state index in [4.69, 9.17) is 4.74 Å². The highest BCUT2D eigenvalue weighted by Gasteiger charge is 2.57. The minimum atomic E-state index is -4.88. The smallest absolute Gasteiger partial charge is 0.412 e. The van der Waals surface area contributed by atoms with E-state index < -0.39 is 61.1 Å². The van der Waals surface area contributed by atoms with Crippen LogP contribution < -0.4 is 10.1 Å². The Balaban J connectivity index is 1.26. The third-order valence-corrected chi connectivity index (χ3v) is 7.52. The monoisotopic (exact) mass is 558 g/mol. The first kappa shape index (κ1) is 25.8. The van der Waals surface area contributed by atoms with Crippen molar-refractivity contribution in [3.05, 3.63) is 65.4 Å². The van der Waals surface area contributed by atoms with Gasteiger partial charge in [0.05, 0.1) is 18.4 Å². The number of urea groups is 1. The van der Waals surface area contributed by atoms with Crippen LogP contribution in [0.3, 0.4) is 0 Å². The van der Waals surface area contributed by atoms with E-state index in [0.717, 1.165) is 23.3 Å². The molecule has 2 aromatic heterocycles. The van der Waals surface area contributed by atoms with Gasteiger partial charge in [0.25, 0.3) is 5.91 Å². The molecule has 2 aliphatic heterocycles. The lowest BCUT2D eigenvalue weighted by atomic mass is 9.92. The molecule has 1 aromatic carbocycles. The van der Waals surface area contributed by atoms with Gasteiger partial charge in [-0.3, -0.25) is 24.2 Å². The molecule has 0 saturated carbocycles. The molecule has 10 nitrogen and oxygen atoms in total. The van der Waals surface area contributed by atoms with Crippen molar-refractivity contribution in [1.82, 2.24) is 29.9 Å². The first-order valence-corrected chi connectivity index (χ1v) is 12.4. The molecule has 3 aromatic rings. The number of aryl methyl sites for hydroxylation is 2. The Bertz CT molecular complexity index is 1560. The number of fused-ring (bicyclic) bond motifs is 3. The summed E-state index contributed by atoms with van der Waals surface area (Å²) in [5.41, 5.74) is 1.20. The Morgan fingerprint density at radius 2 is 2.00 bits per heavy atom. The minimum Gasteiger partial charge on any atom is -0.491 e. The van der Waals surface area contributed by atoms with Crippen molar-refractivity contribution in [3.63, 3.8) is 0 Å². The fourth-order valence-corrected chi connectivity index (χ4v) is 5.50. The molecule has 1 saturated heterocycles. The van der Waals surface area contributed by atoms with Crippen LogP contribution >= 0.6 is 0 Å². The molecule has 4 amide bonds. The fourth-order valence-electron chi connectivity index (χ4n) is 5.50. The summed E-state index contributed by atoms with van der Waals surface area (Å²) in [5, 5.41) is 6.77. The van der Waals surface area contributed by atoms with E-state index in [0.29, 0.717) is 27.5 Å². The number of nitrogens with zero attached hydrogens (tertiary/aromatic N) is 5. The Hall–Kier alpha value is -4.49. The molecule has 1 aliphatic carbocycles. The fraction of sp³-hybridized carbons (Fsp3) is 0.346. The maximum Gasteiger partial charge on any atom is 0.412 e. The standard InChI is InChI=1S/C26H22F4N6O4/c1-34-10-16(8-32-34)19-7-14-4-5-25(18(14)9-31-19)23(38)36(24(39)33-25)12-22(37)35-11-15-6-17(27)2-3-20(15)40-13-21(35)26(28,29)30/h2-3,6-10,21H,4-5,11-13H2,1H3,(H,33,39)/t21-,25-/m0/s1. The molecule has 0 unspecified atom stereocenters. The molecule has 1 spiro atoms. The quantitative estimate of drug-likeness (QED) is 0.391. The van der Waals surface area contributed by atoms with Crippen LogP contribution in [0.2, 0.25) is 0 Å². The zero-order valence-corrected chi connectivity index (χ0v) is 21.0. The molecule has 1 fully saturated rings. The van der Waals surface area contributed by atoms with E-state index >= 15 is 0 Å². The van der Waals surface area contributed by atoms with E-state index in [1.165, 1.54) is 12.3 Å². The Morgan fingerprint density at radius 1 is 1.20 bits per heavy atom. The molecular formula is C26H22F4N6O4. The van der Waals surface area contributed by atoms with Gasteiger partial charge in [-0.25, -0.2) is 9.18 Å². The van der Waals surface area contributed by atoms with Crippen LogP contribution in [0.4, 0.5) is 22.4 Å². The van der Waals surface area contributed by atoms with E-state index in [-0.39, 0.29) is 17.7 Å². The van der Waals surface area contributed by atoms with Gasteiger partial charge in [0.2, 0.25) is 5.91 Å². The highest BCUT2D eigenvalue weighted by Crippen LogP contribution is 2.42. The Morgan fingerprint density at radius 3 is 2.73 bits per heavy atom. The summed E-state index contributed by atoms with van der Waals surface area (Å²) in [4.78, 5) is 45.4. The number of pyridine rings is 1. The second-order valence-electron chi connectivity index (χ2n) is 10.00. The summed E-state index contributed by atoms with van der Waals surface area (Å²) in [5.74, 6) is -2.58. The Kier molecular flexibility index (Phi) is 5.82. The minimum absolute atomic E-state index is 0.0145. The Labute approximate surface area is 224 Å². The van der Waals surface area contributed by atoms with Crippen LogP contribution in [-0.2, 0) is 35.1 Å². The largest absolute Gasteiger partial charge is 0.491 e. The van der Waals surface area contributed by atoms with Crippen molar-refractivity contribution in [1.29, 1.82) is 0 Å². The van der Waals surface area contributed by atoms with Crippen LogP contribution in [0.15, 0.2) is 42.9 Å². The van der Waals surface area contributed by atoms with Gasteiger partial charge in [-0.1, -0.05) is 0 Å². The number of benzene rings is 1. The van der Waals surface area contributed by atoms with Gasteiger partial charge in [-0.05, 0) is 42.7 Å². The number of ether oxygens (including phenoxy) is 1. The van der Waals surface area contributed by atoms with E-state index in [1.54, 1.807) is 30.2 Å². The number of amides is 4. The second kappa shape index (κ2) is 9.03. The average Bonchev–Trinajstić information content (AvgIpc) is 3.51. The third kappa shape index (κ3) is 4.14. The highest BCUT2D eigenvalue weighted by molar-refractivity contribution is 6.10. The van der Waals surface area contributed by atoms with Crippen molar-refractivity contribution in [2.75, 3.05) is 13.2 Å². The van der Waals surface area contributed by atoms with Crippen molar-refractivity contribution in [2.24, 2.45) is 7.05 Å². The summed E-state index contributed by atoms with van der Waals surface area (Å²) in [7, 11) is 1.76. The number of halogens is 4. The van der Waals surface area contributed by atoms with E-state index in [9.17, 15) is 31.9 Å². The second-order valence-corrected chi connectivity index (χ2v) is 10.00. The number of hydrogen-bond acceptors (Lipinski definition) is 6. The van der Waals surface area contributed by atoms with Crippen molar-refractivity contribution in [2.45, 2.75) is 37.1 Å². The molecule has 0 radical (unpaired) electrons. The summed E-state index contributed by atoms with van der Waals surface area (Å²) >= 11 is 0. The van der Waals surface area contributed by atoms with Gasteiger partial charge >= 0.3 is 12.2 Å². The van der Waals surface area contributed by atoms with Gasteiger partial charge in [0, 0.05) is 36.1 Å². The first-order chi connectivity index (χ1) is 19.0. The average molecular weight is 558 g/mol. The summed E-state index contributed by atoms with van der Waals surface area (Å²) < 4.78 is 62.5. The number of imide groups is 1. The zero-order chi connectivity index (χ0) is 28.4. The van der Waals surface area contributed by atoms with Gasteiger partial charge in [0.15, 0.2) is 6.04 Å². The van der Waals surface area contributed by atoms with Crippen molar-refractivity contribution in [3.8, 4) is 17.0 Å². The highest BCUT2D eigenvalue weighted by atomic mass is 19.4. The normalized spacial score (nSPS) is 22.2. The predicted molar refractivity (Wildman–Crippen MR) is 129 cm³/mol. The molecule has 1 N–H and O–H groups in total. The van der Waals surface area contributed by atoms with Crippen LogP contribution in [0, 0.1) is 5.82 Å². The molecule has 6 rings (SSSR count). The molecule has 2 atom stereocenters. The number of carbonyl (C=O) groups excluding carboxylic acids is 3. The first-order valence-electron chi connectivity index (χ1n) is 12.4. The molecule has 14 heteroatoms. The number of rotatable bonds is 3. The molecule has 208 valence electrons. The number of nitrogens with one attached hydrogen (secondary N) is 1.